The number of hydrogen-bond donors (Lipinski definition) is 1. The molecule has 116 valence electrons. The zero-order valence-corrected chi connectivity index (χ0v) is 12.6. The monoisotopic (exact) mass is 292 g/mol. The fraction of sp³-hybridized carbons (Fsp3) is 0.625. The first-order valence-electron chi connectivity index (χ1n) is 7.69. The minimum atomic E-state index is 0.277. The largest absolute Gasteiger partial charge is 0.493 e. The van der Waals surface area contributed by atoms with Crippen molar-refractivity contribution in [3.8, 4) is 17.2 Å². The fourth-order valence-electron chi connectivity index (χ4n) is 3.20. The van der Waals surface area contributed by atoms with Crippen LogP contribution in [-0.4, -0.2) is 38.4 Å². The minimum absolute atomic E-state index is 0.277. The molecule has 2 aliphatic heterocycles. The van der Waals surface area contributed by atoms with Crippen molar-refractivity contribution in [1.29, 1.82) is 0 Å². The highest BCUT2D eigenvalue weighted by molar-refractivity contribution is 5.55. The van der Waals surface area contributed by atoms with Crippen molar-refractivity contribution < 1.29 is 14.2 Å². The molecule has 0 unspecified atom stereocenters. The van der Waals surface area contributed by atoms with E-state index < -0.39 is 0 Å². The Bertz CT molecular complexity index is 485. The third-order valence-electron chi connectivity index (χ3n) is 4.41. The molecular weight excluding hydrogens is 268 g/mol. The van der Waals surface area contributed by atoms with E-state index in [0.717, 1.165) is 55.8 Å². The van der Waals surface area contributed by atoms with Crippen molar-refractivity contribution in [3.63, 3.8) is 0 Å². The molecular formula is C16H24N2O3. The lowest BCUT2D eigenvalue weighted by Crippen LogP contribution is -2.33. The Labute approximate surface area is 126 Å². The molecule has 0 aromatic heterocycles. The molecule has 2 heterocycles. The number of piperidine rings is 1. The molecule has 0 saturated carbocycles. The van der Waals surface area contributed by atoms with E-state index in [1.807, 2.05) is 0 Å². The second-order valence-electron chi connectivity index (χ2n) is 5.83. The summed E-state index contributed by atoms with van der Waals surface area (Å²) < 4.78 is 16.3. The SMILES string of the molecule is COc1cc(CN2CCC(CCN)CC2)cc2c1OCO2. The quantitative estimate of drug-likeness (QED) is 0.899. The van der Waals surface area contributed by atoms with Crippen LogP contribution in [0.5, 0.6) is 17.2 Å². The topological polar surface area (TPSA) is 57.0 Å². The molecule has 0 radical (unpaired) electrons. The Morgan fingerprint density at radius 2 is 2.10 bits per heavy atom. The highest BCUT2D eigenvalue weighted by atomic mass is 16.7. The molecule has 1 aromatic carbocycles. The van der Waals surface area contributed by atoms with Gasteiger partial charge in [0.1, 0.15) is 0 Å². The van der Waals surface area contributed by atoms with E-state index in [9.17, 15) is 0 Å². The number of nitrogens with two attached hydrogens (primary N) is 1. The number of fused-ring (bicyclic) bond motifs is 1. The zero-order valence-electron chi connectivity index (χ0n) is 12.6. The first kappa shape index (κ1) is 14.5. The second kappa shape index (κ2) is 6.54. The van der Waals surface area contributed by atoms with Gasteiger partial charge in [0.2, 0.25) is 12.5 Å². The van der Waals surface area contributed by atoms with Crippen LogP contribution in [0.4, 0.5) is 0 Å². The standard InChI is InChI=1S/C16H24N2O3/c1-19-14-8-13(9-15-16(14)21-11-20-15)10-18-6-3-12(2-5-17)4-7-18/h8-9,12H,2-7,10-11,17H2,1H3. The predicted octanol–water partition coefficient (Wildman–Crippen LogP) is 1.98. The normalized spacial score (nSPS) is 19.0. The van der Waals surface area contributed by atoms with Gasteiger partial charge in [0.25, 0.3) is 0 Å². The van der Waals surface area contributed by atoms with Crippen LogP contribution in [0.3, 0.4) is 0 Å². The van der Waals surface area contributed by atoms with Crippen LogP contribution in [0.15, 0.2) is 12.1 Å². The number of likely N-dealkylation sites (tertiary alicyclic amines) is 1. The highest BCUT2D eigenvalue weighted by Crippen LogP contribution is 2.42. The second-order valence-corrected chi connectivity index (χ2v) is 5.83. The number of nitrogens with zero attached hydrogens (tertiary/aromatic N) is 1. The van der Waals surface area contributed by atoms with Gasteiger partial charge in [0, 0.05) is 6.54 Å². The fourth-order valence-corrected chi connectivity index (χ4v) is 3.20. The maximum absolute atomic E-state index is 5.65. The molecule has 0 atom stereocenters. The number of rotatable bonds is 5. The summed E-state index contributed by atoms with van der Waals surface area (Å²) in [5.74, 6) is 3.08. The molecule has 1 fully saturated rings. The predicted molar refractivity (Wildman–Crippen MR) is 80.8 cm³/mol. The van der Waals surface area contributed by atoms with E-state index in [1.54, 1.807) is 7.11 Å². The molecule has 1 aromatic rings. The van der Waals surface area contributed by atoms with Gasteiger partial charge in [-0.1, -0.05) is 0 Å². The Morgan fingerprint density at radius 3 is 2.81 bits per heavy atom. The van der Waals surface area contributed by atoms with Crippen LogP contribution in [0.25, 0.3) is 0 Å². The van der Waals surface area contributed by atoms with Crippen LogP contribution in [0, 0.1) is 5.92 Å². The summed E-state index contributed by atoms with van der Waals surface area (Å²) in [6.07, 6.45) is 3.66. The first-order valence-corrected chi connectivity index (χ1v) is 7.69. The van der Waals surface area contributed by atoms with Gasteiger partial charge in [-0.25, -0.2) is 0 Å². The summed E-state index contributed by atoms with van der Waals surface area (Å²) in [7, 11) is 1.67. The average Bonchev–Trinajstić information content (AvgIpc) is 2.97. The third kappa shape index (κ3) is 3.24. The smallest absolute Gasteiger partial charge is 0.231 e. The van der Waals surface area contributed by atoms with Crippen molar-refractivity contribution in [2.75, 3.05) is 33.5 Å². The Morgan fingerprint density at radius 1 is 1.29 bits per heavy atom. The lowest BCUT2D eigenvalue weighted by molar-refractivity contribution is 0.170. The van der Waals surface area contributed by atoms with Gasteiger partial charge in [-0.15, -0.1) is 0 Å². The van der Waals surface area contributed by atoms with Crippen molar-refractivity contribution >= 4 is 0 Å². The Hall–Kier alpha value is -1.46. The van der Waals surface area contributed by atoms with Gasteiger partial charge in [-0.05, 0) is 62.5 Å². The highest BCUT2D eigenvalue weighted by Gasteiger charge is 2.22. The maximum Gasteiger partial charge on any atom is 0.231 e. The molecule has 3 rings (SSSR count). The number of ether oxygens (including phenoxy) is 3. The summed E-state index contributed by atoms with van der Waals surface area (Å²) in [6, 6.07) is 4.12. The molecule has 21 heavy (non-hydrogen) atoms. The number of methoxy groups -OCH3 is 1. The first-order chi connectivity index (χ1) is 10.3. The molecule has 2 N–H and O–H groups in total. The summed E-state index contributed by atoms with van der Waals surface area (Å²) in [6.45, 7) is 4.30. The van der Waals surface area contributed by atoms with Crippen LogP contribution in [0.2, 0.25) is 0 Å². The molecule has 0 aliphatic carbocycles. The molecule has 2 aliphatic rings. The van der Waals surface area contributed by atoms with E-state index in [-0.39, 0.29) is 6.79 Å². The van der Waals surface area contributed by atoms with Gasteiger partial charge in [0.15, 0.2) is 11.5 Å². The van der Waals surface area contributed by atoms with Crippen molar-refractivity contribution in [1.82, 2.24) is 4.90 Å². The van der Waals surface area contributed by atoms with E-state index in [1.165, 1.54) is 18.4 Å². The molecule has 5 nitrogen and oxygen atoms in total. The number of benzene rings is 1. The van der Waals surface area contributed by atoms with Gasteiger partial charge >= 0.3 is 0 Å². The third-order valence-corrected chi connectivity index (χ3v) is 4.41. The lowest BCUT2D eigenvalue weighted by atomic mass is 9.93. The maximum atomic E-state index is 5.65. The molecule has 0 amide bonds. The van der Waals surface area contributed by atoms with Crippen molar-refractivity contribution in [2.45, 2.75) is 25.8 Å². The van der Waals surface area contributed by atoms with Gasteiger partial charge in [0.05, 0.1) is 7.11 Å². The van der Waals surface area contributed by atoms with Crippen LogP contribution in [-0.2, 0) is 6.54 Å². The lowest BCUT2D eigenvalue weighted by Gasteiger charge is -2.31. The van der Waals surface area contributed by atoms with E-state index in [4.69, 9.17) is 19.9 Å². The molecule has 5 heteroatoms. The van der Waals surface area contributed by atoms with Crippen LogP contribution < -0.4 is 19.9 Å². The molecule has 0 spiro atoms. The summed E-state index contributed by atoms with van der Waals surface area (Å²) in [5, 5.41) is 0. The van der Waals surface area contributed by atoms with Gasteiger partial charge < -0.3 is 19.9 Å². The van der Waals surface area contributed by atoms with E-state index in [0.29, 0.717) is 0 Å². The summed E-state index contributed by atoms with van der Waals surface area (Å²) in [5.41, 5.74) is 6.86. The summed E-state index contributed by atoms with van der Waals surface area (Å²) >= 11 is 0. The van der Waals surface area contributed by atoms with Crippen molar-refractivity contribution in [3.05, 3.63) is 17.7 Å². The molecule has 0 bridgehead atoms. The van der Waals surface area contributed by atoms with Crippen LogP contribution in [0.1, 0.15) is 24.8 Å². The molecule has 1 saturated heterocycles. The average molecular weight is 292 g/mol. The Balaban J connectivity index is 1.63. The Kier molecular flexibility index (Phi) is 4.51. The van der Waals surface area contributed by atoms with Crippen molar-refractivity contribution in [2.24, 2.45) is 11.7 Å². The summed E-state index contributed by atoms with van der Waals surface area (Å²) in [4.78, 5) is 2.49. The van der Waals surface area contributed by atoms with Crippen LogP contribution >= 0.6 is 0 Å². The van der Waals surface area contributed by atoms with E-state index >= 15 is 0 Å². The zero-order chi connectivity index (χ0) is 14.7. The van der Waals surface area contributed by atoms with Gasteiger partial charge in [-0.2, -0.15) is 0 Å². The minimum Gasteiger partial charge on any atom is -0.493 e. The number of hydrogen-bond acceptors (Lipinski definition) is 5. The van der Waals surface area contributed by atoms with Gasteiger partial charge in [-0.3, -0.25) is 4.90 Å². The van der Waals surface area contributed by atoms with E-state index in [2.05, 4.69) is 17.0 Å².